The van der Waals surface area contributed by atoms with Crippen LogP contribution in [0, 0.1) is 6.92 Å². The van der Waals surface area contributed by atoms with Crippen molar-refractivity contribution >= 4 is 23.2 Å². The first kappa shape index (κ1) is 14.1. The van der Waals surface area contributed by atoms with Crippen molar-refractivity contribution in [1.82, 2.24) is 0 Å². The van der Waals surface area contributed by atoms with E-state index in [1.807, 2.05) is 0 Å². The van der Waals surface area contributed by atoms with E-state index in [4.69, 9.17) is 20.8 Å². The van der Waals surface area contributed by atoms with Gasteiger partial charge in [-0.05, 0) is 19.1 Å². The van der Waals surface area contributed by atoms with Gasteiger partial charge in [-0.3, -0.25) is 9.59 Å². The molecule has 1 heterocycles. The molecule has 0 bridgehead atoms. The third kappa shape index (κ3) is 3.39. The summed E-state index contributed by atoms with van der Waals surface area (Å²) in [6.07, 6.45) is 1.27. The Kier molecular flexibility index (Phi) is 4.42. The summed E-state index contributed by atoms with van der Waals surface area (Å²) in [4.78, 5) is 23.3. The first-order valence-corrected chi connectivity index (χ1v) is 6.21. The van der Waals surface area contributed by atoms with E-state index in [0.29, 0.717) is 16.5 Å². The van der Waals surface area contributed by atoms with E-state index in [1.54, 1.807) is 31.2 Å². The zero-order valence-electron chi connectivity index (χ0n) is 10.7. The summed E-state index contributed by atoms with van der Waals surface area (Å²) in [6.45, 7) is 1.28. The van der Waals surface area contributed by atoms with Crippen LogP contribution in [0.4, 0.5) is 5.69 Å². The lowest BCUT2D eigenvalue weighted by Gasteiger charge is -2.08. The normalized spacial score (nSPS) is 10.1. The Hall–Kier alpha value is -2.27. The Balaban J connectivity index is 2.00. The SMILES string of the molecule is Cc1occc(=O)c1OCC(=O)Nc1ccccc1Cl. The summed E-state index contributed by atoms with van der Waals surface area (Å²) in [5.41, 5.74) is 0.152. The molecule has 2 aromatic rings. The number of aryl methyl sites for hydroxylation is 1. The van der Waals surface area contributed by atoms with Crippen molar-refractivity contribution in [3.63, 3.8) is 0 Å². The molecule has 1 amide bonds. The van der Waals surface area contributed by atoms with Crippen LogP contribution in [0.5, 0.6) is 5.75 Å². The van der Waals surface area contributed by atoms with Crippen LogP contribution in [0.2, 0.25) is 5.02 Å². The lowest BCUT2D eigenvalue weighted by molar-refractivity contribution is -0.118. The van der Waals surface area contributed by atoms with Crippen molar-refractivity contribution in [2.45, 2.75) is 6.92 Å². The van der Waals surface area contributed by atoms with E-state index >= 15 is 0 Å². The second kappa shape index (κ2) is 6.25. The predicted octanol–water partition coefficient (Wildman–Crippen LogP) is 2.62. The fraction of sp³-hybridized carbons (Fsp3) is 0.143. The highest BCUT2D eigenvalue weighted by atomic mass is 35.5. The van der Waals surface area contributed by atoms with Crippen molar-refractivity contribution in [1.29, 1.82) is 0 Å². The van der Waals surface area contributed by atoms with E-state index in [1.165, 1.54) is 12.3 Å². The third-order valence-corrected chi connectivity index (χ3v) is 2.83. The first-order chi connectivity index (χ1) is 9.58. The van der Waals surface area contributed by atoms with Gasteiger partial charge in [0.2, 0.25) is 11.2 Å². The monoisotopic (exact) mass is 293 g/mol. The number of amides is 1. The highest BCUT2D eigenvalue weighted by molar-refractivity contribution is 6.33. The van der Waals surface area contributed by atoms with Gasteiger partial charge >= 0.3 is 0 Å². The number of para-hydroxylation sites is 1. The molecule has 0 aliphatic heterocycles. The minimum Gasteiger partial charge on any atom is -0.476 e. The molecular weight excluding hydrogens is 282 g/mol. The molecule has 104 valence electrons. The third-order valence-electron chi connectivity index (χ3n) is 2.50. The fourth-order valence-corrected chi connectivity index (χ4v) is 1.74. The van der Waals surface area contributed by atoms with Crippen molar-refractivity contribution in [2.75, 3.05) is 11.9 Å². The Morgan fingerprint density at radius 3 is 2.80 bits per heavy atom. The molecule has 0 aliphatic carbocycles. The molecule has 0 aliphatic rings. The molecule has 0 atom stereocenters. The molecule has 20 heavy (non-hydrogen) atoms. The second-order valence-electron chi connectivity index (χ2n) is 3.99. The number of ether oxygens (including phenoxy) is 1. The molecule has 2 rings (SSSR count). The molecule has 1 aromatic heterocycles. The van der Waals surface area contributed by atoms with Crippen molar-refractivity contribution in [3.05, 3.63) is 57.6 Å². The van der Waals surface area contributed by atoms with Crippen LogP contribution in [0.25, 0.3) is 0 Å². The van der Waals surface area contributed by atoms with Crippen LogP contribution in [0.1, 0.15) is 5.76 Å². The average Bonchev–Trinajstić information content (AvgIpc) is 2.41. The quantitative estimate of drug-likeness (QED) is 0.941. The number of nitrogens with one attached hydrogen (secondary N) is 1. The molecule has 6 heteroatoms. The van der Waals surface area contributed by atoms with Gasteiger partial charge < -0.3 is 14.5 Å². The molecule has 1 aromatic carbocycles. The number of halogens is 1. The first-order valence-electron chi connectivity index (χ1n) is 5.83. The van der Waals surface area contributed by atoms with Gasteiger partial charge in [-0.15, -0.1) is 0 Å². The molecular formula is C14H12ClNO4. The van der Waals surface area contributed by atoms with E-state index in [9.17, 15) is 9.59 Å². The van der Waals surface area contributed by atoms with Gasteiger partial charge in [0.15, 0.2) is 6.61 Å². The smallest absolute Gasteiger partial charge is 0.262 e. The average molecular weight is 294 g/mol. The van der Waals surface area contributed by atoms with Crippen LogP contribution in [-0.2, 0) is 4.79 Å². The maximum atomic E-state index is 11.7. The Bertz CT molecular complexity index is 681. The lowest BCUT2D eigenvalue weighted by Crippen LogP contribution is -2.22. The highest BCUT2D eigenvalue weighted by Gasteiger charge is 2.10. The van der Waals surface area contributed by atoms with E-state index in [-0.39, 0.29) is 17.8 Å². The summed E-state index contributed by atoms with van der Waals surface area (Å²) >= 11 is 5.92. The number of hydrogen-bond donors (Lipinski definition) is 1. The highest BCUT2D eigenvalue weighted by Crippen LogP contribution is 2.20. The number of hydrogen-bond acceptors (Lipinski definition) is 4. The van der Waals surface area contributed by atoms with Gasteiger partial charge in [0, 0.05) is 6.07 Å². The summed E-state index contributed by atoms with van der Waals surface area (Å²) in [7, 11) is 0. The Labute approximate surface area is 120 Å². The molecule has 0 saturated carbocycles. The number of benzene rings is 1. The van der Waals surface area contributed by atoms with Gasteiger partial charge in [0.05, 0.1) is 17.0 Å². The van der Waals surface area contributed by atoms with E-state index in [2.05, 4.69) is 5.32 Å². The topological polar surface area (TPSA) is 68.5 Å². The number of carbonyl (C=O) groups is 1. The molecule has 0 spiro atoms. The second-order valence-corrected chi connectivity index (χ2v) is 4.39. The zero-order chi connectivity index (χ0) is 14.5. The minimum absolute atomic E-state index is 0.0295. The minimum atomic E-state index is -0.416. The zero-order valence-corrected chi connectivity index (χ0v) is 11.4. The standard InChI is InChI=1S/C14H12ClNO4/c1-9-14(12(17)6-7-19-9)20-8-13(18)16-11-5-3-2-4-10(11)15/h2-7H,8H2,1H3,(H,16,18). The maximum Gasteiger partial charge on any atom is 0.262 e. The Morgan fingerprint density at radius 1 is 1.35 bits per heavy atom. The van der Waals surface area contributed by atoms with Crippen LogP contribution in [0.15, 0.2) is 45.8 Å². The van der Waals surface area contributed by atoms with Crippen LogP contribution < -0.4 is 15.5 Å². The van der Waals surface area contributed by atoms with Crippen LogP contribution in [0.3, 0.4) is 0 Å². The summed E-state index contributed by atoms with van der Waals surface area (Å²) in [5.74, 6) is -0.0643. The summed E-state index contributed by atoms with van der Waals surface area (Å²) in [6, 6.07) is 8.07. The van der Waals surface area contributed by atoms with Gasteiger partial charge in [-0.2, -0.15) is 0 Å². The van der Waals surface area contributed by atoms with Gasteiger partial charge in [-0.25, -0.2) is 0 Å². The number of anilines is 1. The predicted molar refractivity (Wildman–Crippen MR) is 75.3 cm³/mol. The number of carbonyl (C=O) groups excluding carboxylic acids is 1. The summed E-state index contributed by atoms with van der Waals surface area (Å²) in [5, 5.41) is 3.02. The summed E-state index contributed by atoms with van der Waals surface area (Å²) < 4.78 is 10.2. The molecule has 0 radical (unpaired) electrons. The van der Waals surface area contributed by atoms with Gasteiger partial charge in [-0.1, -0.05) is 23.7 Å². The van der Waals surface area contributed by atoms with Gasteiger partial charge in [0.1, 0.15) is 5.76 Å². The number of rotatable bonds is 4. The molecule has 0 fully saturated rings. The largest absolute Gasteiger partial charge is 0.476 e. The van der Waals surface area contributed by atoms with Crippen molar-refractivity contribution in [2.24, 2.45) is 0 Å². The molecule has 0 unspecified atom stereocenters. The van der Waals surface area contributed by atoms with Crippen molar-refractivity contribution < 1.29 is 13.9 Å². The molecule has 5 nitrogen and oxygen atoms in total. The van der Waals surface area contributed by atoms with E-state index < -0.39 is 5.91 Å². The maximum absolute atomic E-state index is 11.7. The fourth-order valence-electron chi connectivity index (χ4n) is 1.56. The van der Waals surface area contributed by atoms with Crippen LogP contribution in [-0.4, -0.2) is 12.5 Å². The molecule has 1 N–H and O–H groups in total. The van der Waals surface area contributed by atoms with Gasteiger partial charge in [0.25, 0.3) is 5.91 Å². The lowest BCUT2D eigenvalue weighted by atomic mass is 10.3. The van der Waals surface area contributed by atoms with E-state index in [0.717, 1.165) is 0 Å². The Morgan fingerprint density at radius 2 is 2.10 bits per heavy atom. The molecule has 0 saturated heterocycles. The van der Waals surface area contributed by atoms with Crippen molar-refractivity contribution in [3.8, 4) is 5.75 Å². The van der Waals surface area contributed by atoms with Crippen LogP contribution >= 0.6 is 11.6 Å².